The summed E-state index contributed by atoms with van der Waals surface area (Å²) in [5.74, 6) is -3.56. The van der Waals surface area contributed by atoms with E-state index < -0.39 is 58.3 Å². The molecule has 0 saturated carbocycles. The molecule has 7 rings (SSSR count). The van der Waals surface area contributed by atoms with E-state index in [1.807, 2.05) is 30.4 Å². The van der Waals surface area contributed by atoms with Crippen molar-refractivity contribution in [2.75, 3.05) is 57.3 Å². The fourth-order valence-corrected chi connectivity index (χ4v) is 11.6. The maximum absolute atomic E-state index is 12.8. The molecule has 3 aromatic rings. The molecule has 23 nitrogen and oxygen atoms in total. The van der Waals surface area contributed by atoms with Gasteiger partial charge in [-0.15, -0.1) is 51.3 Å². The molecule has 0 aromatic carbocycles. The number of nitrogen functional groups attached to an aromatic ring is 1. The topological polar surface area (TPSA) is 321 Å². The van der Waals surface area contributed by atoms with Gasteiger partial charge >= 0.3 is 18.0 Å². The first-order valence-electron chi connectivity index (χ1n) is 18.2. The van der Waals surface area contributed by atoms with Crippen LogP contribution in [0.5, 0.6) is 0 Å². The Balaban J connectivity index is 0.000000211. The number of anilines is 1. The predicted molar refractivity (Wildman–Crippen MR) is 226 cm³/mol. The first-order chi connectivity index (χ1) is 29.5. The molecule has 2 fully saturated rings. The molecule has 8 N–H and O–H groups in total. The fourth-order valence-electron chi connectivity index (χ4n) is 6.51. The van der Waals surface area contributed by atoms with E-state index in [1.54, 1.807) is 16.1 Å². The summed E-state index contributed by atoms with van der Waals surface area (Å²) in [6, 6.07) is 2.83. The quantitative estimate of drug-likeness (QED) is 0.0561. The highest BCUT2D eigenvalue weighted by Gasteiger charge is 2.66. The highest BCUT2D eigenvalue weighted by Crippen LogP contribution is 2.47. The van der Waals surface area contributed by atoms with Crippen molar-refractivity contribution in [3.05, 3.63) is 56.0 Å². The number of nitrogens with one attached hydrogen (secondary N) is 2. The van der Waals surface area contributed by atoms with Crippen molar-refractivity contribution in [1.29, 1.82) is 0 Å². The van der Waals surface area contributed by atoms with Crippen molar-refractivity contribution >= 4 is 105 Å². The summed E-state index contributed by atoms with van der Waals surface area (Å²) in [7, 11) is 5.17. The number of hydrogen-bond donors (Lipinski definition) is 6. The molecule has 28 heteroatoms. The average molecular weight is 953 g/mol. The molecule has 4 aliphatic rings. The number of β-lactam (4-membered cyclic amide) rings is 2. The molecule has 4 atom stereocenters. The summed E-state index contributed by atoms with van der Waals surface area (Å²) < 4.78 is 11.7. The van der Waals surface area contributed by atoms with Gasteiger partial charge in [-0.25, -0.2) is 24.0 Å². The number of carboxylic acids is 2. The van der Waals surface area contributed by atoms with Crippen LogP contribution in [0.15, 0.2) is 50.6 Å². The van der Waals surface area contributed by atoms with Crippen LogP contribution in [0.1, 0.15) is 10.6 Å². The molecule has 4 aliphatic heterocycles. The summed E-state index contributed by atoms with van der Waals surface area (Å²) in [6.07, 6.45) is -0.973. The van der Waals surface area contributed by atoms with Gasteiger partial charge in [0.25, 0.3) is 17.5 Å². The molecule has 62 heavy (non-hydrogen) atoms. The van der Waals surface area contributed by atoms with E-state index in [1.165, 1.54) is 70.0 Å². The first-order valence-corrected chi connectivity index (χ1v) is 23.0. The van der Waals surface area contributed by atoms with Crippen molar-refractivity contribution in [1.82, 2.24) is 50.5 Å². The molecule has 7 heterocycles. The van der Waals surface area contributed by atoms with Gasteiger partial charge in [0.15, 0.2) is 5.13 Å². The number of methoxy groups -OCH3 is 1. The minimum absolute atomic E-state index is 0.000917. The van der Waals surface area contributed by atoms with E-state index in [9.17, 15) is 43.8 Å². The molecule has 3 aromatic heterocycles. The van der Waals surface area contributed by atoms with Crippen molar-refractivity contribution < 1.29 is 53.2 Å². The Hall–Kier alpha value is -5.26. The van der Waals surface area contributed by atoms with Crippen LogP contribution < -0.4 is 22.1 Å². The normalized spacial score (nSPS) is 21.6. The van der Waals surface area contributed by atoms with Gasteiger partial charge in [0.05, 0.1) is 25.1 Å². The molecule has 0 radical (unpaired) electrons. The number of carboxylic acid groups (broad SMARTS) is 2. The average Bonchev–Trinajstić information content (AvgIpc) is 4.01. The van der Waals surface area contributed by atoms with Crippen LogP contribution in [-0.4, -0.2) is 166 Å². The van der Waals surface area contributed by atoms with Crippen LogP contribution in [0.2, 0.25) is 0 Å². The molecule has 0 unspecified atom stereocenters. The van der Waals surface area contributed by atoms with Crippen molar-refractivity contribution in [2.45, 2.75) is 47.1 Å². The van der Waals surface area contributed by atoms with Gasteiger partial charge < -0.3 is 46.7 Å². The van der Waals surface area contributed by atoms with E-state index in [2.05, 4.69) is 35.9 Å². The van der Waals surface area contributed by atoms with Crippen molar-refractivity contribution in [3.8, 4) is 0 Å². The van der Waals surface area contributed by atoms with Gasteiger partial charge in [0.1, 0.15) is 34.8 Å². The number of thiazole rings is 1. The number of fused-ring (bicyclic) bond motifs is 2. The summed E-state index contributed by atoms with van der Waals surface area (Å²) >= 11 is 6.58. The highest BCUT2D eigenvalue weighted by atomic mass is 32.2. The number of aliphatic carboxylic acids is 2. The number of thiophene rings is 1. The number of amides is 5. The highest BCUT2D eigenvalue weighted by molar-refractivity contribution is 8.01. The maximum Gasteiger partial charge on any atom is 0.404 e. The smallest absolute Gasteiger partial charge is 0.404 e. The number of nitrogens with two attached hydrogens (primary N) is 2. The van der Waals surface area contributed by atoms with Crippen LogP contribution in [0, 0.1) is 0 Å². The number of carbonyl (C=O) groups is 7. The largest absolute Gasteiger partial charge is 0.477 e. The second-order valence-electron chi connectivity index (χ2n) is 13.8. The van der Waals surface area contributed by atoms with Gasteiger partial charge in [-0.05, 0) is 41.5 Å². The zero-order valence-corrected chi connectivity index (χ0v) is 37.1. The molecule has 0 bridgehead atoms. The number of carbonyl (C=O) groups excluding carboxylic acids is 5. The Labute approximate surface area is 372 Å². The number of thioether (sulfide) groups is 3. The number of ether oxygens (including phenoxy) is 2. The van der Waals surface area contributed by atoms with E-state index in [0.29, 0.717) is 39.6 Å². The number of rotatable bonds is 17. The van der Waals surface area contributed by atoms with Crippen LogP contribution >= 0.6 is 58.0 Å². The number of likely N-dealkylation sites (N-methyl/N-ethyl adjacent to an activating group) is 1. The molecule has 2 saturated heterocycles. The minimum Gasteiger partial charge on any atom is -0.477 e. The Morgan fingerprint density at radius 2 is 1.76 bits per heavy atom. The third kappa shape index (κ3) is 10.00. The Kier molecular flexibility index (Phi) is 14.8. The van der Waals surface area contributed by atoms with Crippen LogP contribution in [-0.2, 0) is 57.6 Å². The maximum atomic E-state index is 12.8. The first kappa shape index (κ1) is 46.2. The van der Waals surface area contributed by atoms with Gasteiger partial charge in [-0.2, -0.15) is 0 Å². The Bertz CT molecular complexity index is 2300. The van der Waals surface area contributed by atoms with E-state index in [4.69, 9.17) is 16.2 Å². The van der Waals surface area contributed by atoms with Crippen LogP contribution in [0.3, 0.4) is 0 Å². The molecular formula is C34H40N12O11S5. The monoisotopic (exact) mass is 952 g/mol. The minimum atomic E-state index is -1.66. The van der Waals surface area contributed by atoms with E-state index >= 15 is 0 Å². The van der Waals surface area contributed by atoms with Gasteiger partial charge in [0, 0.05) is 46.7 Å². The number of hydrogen-bond acceptors (Lipinski definition) is 20. The lowest BCUT2D eigenvalue weighted by atomic mass is 9.98. The van der Waals surface area contributed by atoms with E-state index in [-0.39, 0.29) is 48.1 Å². The summed E-state index contributed by atoms with van der Waals surface area (Å²) in [4.78, 5) is 94.1. The zero-order chi connectivity index (χ0) is 44.9. The molecule has 0 aliphatic carbocycles. The Morgan fingerprint density at radius 3 is 2.39 bits per heavy atom. The SMILES string of the molecule is CN(C)CCn1nnnc1SCC1=C(C(=O)O)N2C(=O)[C@@H](NC(=O)Cc3csc(N)n3)[C@H]2SC1.CO[C@@]1(NC(=O)Cc2cccs2)C(=O)N2C(C(=O)O)=C(COC(N)=O)CS[C@@H]21. The van der Waals surface area contributed by atoms with Crippen LogP contribution in [0.4, 0.5) is 9.93 Å². The van der Waals surface area contributed by atoms with Gasteiger partial charge in [-0.3, -0.25) is 29.0 Å². The number of nitrogens with zero attached hydrogens (tertiary/aromatic N) is 8. The summed E-state index contributed by atoms with van der Waals surface area (Å²) in [5, 5.41) is 39.6. The lowest BCUT2D eigenvalue weighted by Gasteiger charge is -2.55. The third-order valence-electron chi connectivity index (χ3n) is 9.37. The number of aromatic nitrogens is 5. The lowest BCUT2D eigenvalue weighted by Crippen LogP contribution is -2.80. The van der Waals surface area contributed by atoms with Gasteiger partial charge in [0.2, 0.25) is 17.0 Å². The second kappa shape index (κ2) is 19.8. The fraction of sp³-hybridized carbons (Fsp3) is 0.441. The second-order valence-corrected chi connectivity index (χ2v) is 18.8. The van der Waals surface area contributed by atoms with Crippen molar-refractivity contribution in [3.63, 3.8) is 0 Å². The third-order valence-corrected chi connectivity index (χ3v) is 14.7. The van der Waals surface area contributed by atoms with E-state index in [0.717, 1.165) is 16.3 Å². The predicted octanol–water partition coefficient (Wildman–Crippen LogP) is -0.555. The molecule has 0 spiro atoms. The standard InChI is InChI=1S/C18H23N9O4S3.C16H17N3O7S2/c1-25(2)3-4-26-18(22-23-24-26)34-7-9-6-32-15-12(14(29)27(15)13(9)16(30)31)21-11(28)5-10-8-33-17(19)20-10;1-25-16(18-10(20)5-9-3-2-4-27-9)13(23)19-11(12(21)22)8(6-26-15(17)24)7-28-14(16)19/h8,12,15H,3-7H2,1-2H3,(H2,19,20)(H,21,28)(H,30,31);2-4,14H,5-7H2,1H3,(H2,17,24)(H,18,20)(H,21,22)/t12-,15-;14-,16+/m11/s1. The summed E-state index contributed by atoms with van der Waals surface area (Å²) in [5.41, 5.74) is 9.89. The molecule has 5 amide bonds. The van der Waals surface area contributed by atoms with Crippen LogP contribution in [0.25, 0.3) is 0 Å². The number of primary amides is 1. The molecule has 332 valence electrons. The van der Waals surface area contributed by atoms with Crippen molar-refractivity contribution in [2.24, 2.45) is 5.73 Å². The Morgan fingerprint density at radius 1 is 1.03 bits per heavy atom. The van der Waals surface area contributed by atoms with Gasteiger partial charge in [-0.1, -0.05) is 17.8 Å². The zero-order valence-electron chi connectivity index (χ0n) is 33.0. The lowest BCUT2D eigenvalue weighted by molar-refractivity contribution is -0.192. The number of tetrazole rings is 1. The molecular weight excluding hydrogens is 913 g/mol. The summed E-state index contributed by atoms with van der Waals surface area (Å²) in [6.45, 7) is 1.01.